The standard InChI is InChI=1S/C21H36N4O2/c1-17-16-22-20(25(17)11-6-14-27-2)15-18-9-12-24(13-10-18)21(26)23-19-7-4-3-5-8-19/h16,18-19H,3-15H2,1-2H3,(H,23,26). The fraction of sp³-hybridized carbons (Fsp3) is 0.810. The zero-order valence-corrected chi connectivity index (χ0v) is 17.1. The second kappa shape index (κ2) is 10.1. The van der Waals surface area contributed by atoms with Crippen LogP contribution in [0.15, 0.2) is 6.20 Å². The summed E-state index contributed by atoms with van der Waals surface area (Å²) < 4.78 is 7.52. The van der Waals surface area contributed by atoms with Crippen molar-refractivity contribution in [1.29, 1.82) is 0 Å². The van der Waals surface area contributed by atoms with Crippen LogP contribution in [0.3, 0.4) is 0 Å². The summed E-state index contributed by atoms with van der Waals surface area (Å²) in [5.41, 5.74) is 1.23. The van der Waals surface area contributed by atoms with Crippen molar-refractivity contribution in [3.63, 3.8) is 0 Å². The van der Waals surface area contributed by atoms with Gasteiger partial charge in [0.15, 0.2) is 0 Å². The van der Waals surface area contributed by atoms with Crippen molar-refractivity contribution in [3.8, 4) is 0 Å². The number of piperidine rings is 1. The second-order valence-corrected chi connectivity index (χ2v) is 8.23. The summed E-state index contributed by atoms with van der Waals surface area (Å²) in [7, 11) is 1.75. The van der Waals surface area contributed by atoms with Crippen LogP contribution in [0.2, 0.25) is 0 Å². The van der Waals surface area contributed by atoms with E-state index in [0.29, 0.717) is 12.0 Å². The molecule has 3 rings (SSSR count). The van der Waals surface area contributed by atoms with Crippen LogP contribution in [0, 0.1) is 12.8 Å². The molecule has 2 amide bonds. The van der Waals surface area contributed by atoms with Crippen LogP contribution >= 0.6 is 0 Å². The zero-order chi connectivity index (χ0) is 19.1. The van der Waals surface area contributed by atoms with Crippen LogP contribution in [-0.2, 0) is 17.7 Å². The molecule has 0 bridgehead atoms. The summed E-state index contributed by atoms with van der Waals surface area (Å²) in [5, 5.41) is 3.25. The van der Waals surface area contributed by atoms with Crippen LogP contribution in [0.1, 0.15) is 62.9 Å². The molecule has 152 valence electrons. The van der Waals surface area contributed by atoms with Crippen molar-refractivity contribution in [2.24, 2.45) is 5.92 Å². The highest BCUT2D eigenvalue weighted by Crippen LogP contribution is 2.23. The number of rotatable bonds is 7. The van der Waals surface area contributed by atoms with Gasteiger partial charge in [0, 0.05) is 57.7 Å². The number of likely N-dealkylation sites (tertiary alicyclic amines) is 1. The van der Waals surface area contributed by atoms with Crippen molar-refractivity contribution in [2.75, 3.05) is 26.8 Å². The molecule has 2 fully saturated rings. The van der Waals surface area contributed by atoms with Crippen LogP contribution in [-0.4, -0.2) is 53.3 Å². The molecular formula is C21H36N4O2. The lowest BCUT2D eigenvalue weighted by Crippen LogP contribution is -2.48. The number of carbonyl (C=O) groups is 1. The first-order valence-electron chi connectivity index (χ1n) is 10.7. The predicted octanol–water partition coefficient (Wildman–Crippen LogP) is 3.52. The third-order valence-electron chi connectivity index (χ3n) is 6.17. The average Bonchev–Trinajstić information content (AvgIpc) is 3.03. The Labute approximate surface area is 163 Å². The van der Waals surface area contributed by atoms with Crippen molar-refractivity contribution in [3.05, 3.63) is 17.7 Å². The third-order valence-corrected chi connectivity index (χ3v) is 6.17. The van der Waals surface area contributed by atoms with Gasteiger partial charge in [0.2, 0.25) is 0 Å². The van der Waals surface area contributed by atoms with Crippen molar-refractivity contribution < 1.29 is 9.53 Å². The Morgan fingerprint density at radius 1 is 1.22 bits per heavy atom. The highest BCUT2D eigenvalue weighted by atomic mass is 16.5. The van der Waals surface area contributed by atoms with Gasteiger partial charge in [-0.1, -0.05) is 19.3 Å². The van der Waals surface area contributed by atoms with Crippen molar-refractivity contribution in [2.45, 2.75) is 77.3 Å². The molecule has 27 heavy (non-hydrogen) atoms. The first kappa shape index (κ1) is 20.2. The molecule has 2 aliphatic rings. The van der Waals surface area contributed by atoms with E-state index in [1.165, 1.54) is 30.8 Å². The number of nitrogens with zero attached hydrogens (tertiary/aromatic N) is 3. The summed E-state index contributed by atoms with van der Waals surface area (Å²) in [6.45, 7) is 5.61. The maximum absolute atomic E-state index is 12.5. The normalized spacial score (nSPS) is 19.4. The van der Waals surface area contributed by atoms with Gasteiger partial charge in [0.1, 0.15) is 5.82 Å². The van der Waals surface area contributed by atoms with E-state index in [9.17, 15) is 4.79 Å². The van der Waals surface area contributed by atoms with Crippen LogP contribution in [0.4, 0.5) is 4.79 Å². The largest absolute Gasteiger partial charge is 0.385 e. The number of nitrogens with one attached hydrogen (secondary N) is 1. The number of amides is 2. The number of aromatic nitrogens is 2. The third kappa shape index (κ3) is 5.71. The Morgan fingerprint density at radius 3 is 2.67 bits per heavy atom. The summed E-state index contributed by atoms with van der Waals surface area (Å²) in [6, 6.07) is 0.545. The first-order chi connectivity index (χ1) is 13.2. The summed E-state index contributed by atoms with van der Waals surface area (Å²) in [6.07, 6.45) is 12.3. The zero-order valence-electron chi connectivity index (χ0n) is 17.1. The molecular weight excluding hydrogens is 340 g/mol. The maximum atomic E-state index is 12.5. The summed E-state index contributed by atoms with van der Waals surface area (Å²) >= 11 is 0. The van der Waals surface area contributed by atoms with Gasteiger partial charge >= 0.3 is 6.03 Å². The second-order valence-electron chi connectivity index (χ2n) is 8.23. The lowest BCUT2D eigenvalue weighted by molar-refractivity contribution is 0.163. The van der Waals surface area contributed by atoms with E-state index in [1.807, 2.05) is 11.1 Å². The smallest absolute Gasteiger partial charge is 0.317 e. The number of hydrogen-bond donors (Lipinski definition) is 1. The summed E-state index contributed by atoms with van der Waals surface area (Å²) in [5.74, 6) is 1.81. The van der Waals surface area contributed by atoms with E-state index in [1.54, 1.807) is 7.11 Å². The molecule has 1 aromatic heterocycles. The molecule has 0 aromatic carbocycles. The van der Waals surface area contributed by atoms with E-state index in [-0.39, 0.29) is 6.03 Å². The Hall–Kier alpha value is -1.56. The first-order valence-corrected chi connectivity index (χ1v) is 10.7. The van der Waals surface area contributed by atoms with Crippen LogP contribution in [0.5, 0.6) is 0 Å². The molecule has 1 aliphatic carbocycles. The molecule has 0 atom stereocenters. The molecule has 1 aliphatic heterocycles. The molecule has 0 spiro atoms. The fourth-order valence-electron chi connectivity index (χ4n) is 4.46. The monoisotopic (exact) mass is 376 g/mol. The molecule has 1 saturated heterocycles. The SMILES string of the molecule is COCCCn1c(C)cnc1CC1CCN(C(=O)NC2CCCCC2)CC1. The molecule has 6 nitrogen and oxygen atoms in total. The van der Waals surface area contributed by atoms with Crippen molar-refractivity contribution in [1.82, 2.24) is 19.8 Å². The van der Waals surface area contributed by atoms with Gasteiger partial charge in [0.25, 0.3) is 0 Å². The molecule has 0 unspecified atom stereocenters. The van der Waals surface area contributed by atoms with E-state index in [2.05, 4.69) is 21.8 Å². The lowest BCUT2D eigenvalue weighted by atomic mass is 9.93. The van der Waals surface area contributed by atoms with Gasteiger partial charge < -0.3 is 19.5 Å². The lowest BCUT2D eigenvalue weighted by Gasteiger charge is -2.34. The van der Waals surface area contributed by atoms with E-state index in [4.69, 9.17) is 4.74 Å². The van der Waals surface area contributed by atoms with Gasteiger partial charge in [-0.3, -0.25) is 0 Å². The summed E-state index contributed by atoms with van der Waals surface area (Å²) in [4.78, 5) is 19.2. The van der Waals surface area contributed by atoms with Crippen LogP contribution < -0.4 is 5.32 Å². The minimum Gasteiger partial charge on any atom is -0.385 e. The maximum Gasteiger partial charge on any atom is 0.317 e. The fourth-order valence-corrected chi connectivity index (χ4v) is 4.46. The van der Waals surface area contributed by atoms with Gasteiger partial charge in [0.05, 0.1) is 0 Å². The highest BCUT2D eigenvalue weighted by Gasteiger charge is 2.26. The molecule has 2 heterocycles. The van der Waals surface area contributed by atoms with E-state index < -0.39 is 0 Å². The molecule has 1 N–H and O–H groups in total. The van der Waals surface area contributed by atoms with E-state index in [0.717, 1.165) is 64.8 Å². The highest BCUT2D eigenvalue weighted by molar-refractivity contribution is 5.74. The number of aryl methyl sites for hydroxylation is 1. The minimum absolute atomic E-state index is 0.150. The predicted molar refractivity (Wildman–Crippen MR) is 107 cm³/mol. The van der Waals surface area contributed by atoms with Gasteiger partial charge in [-0.2, -0.15) is 0 Å². The number of imidazole rings is 1. The quantitative estimate of drug-likeness (QED) is 0.741. The van der Waals surface area contributed by atoms with Gasteiger partial charge in [-0.15, -0.1) is 0 Å². The number of urea groups is 1. The molecule has 0 radical (unpaired) electrons. The minimum atomic E-state index is 0.150. The Kier molecular flexibility index (Phi) is 7.56. The van der Waals surface area contributed by atoms with Crippen LogP contribution in [0.25, 0.3) is 0 Å². The van der Waals surface area contributed by atoms with Gasteiger partial charge in [-0.05, 0) is 44.9 Å². The number of hydrogen-bond acceptors (Lipinski definition) is 3. The molecule has 6 heteroatoms. The molecule has 1 aromatic rings. The van der Waals surface area contributed by atoms with Gasteiger partial charge in [-0.25, -0.2) is 9.78 Å². The number of methoxy groups -OCH3 is 1. The average molecular weight is 377 g/mol. The number of ether oxygens (including phenoxy) is 1. The van der Waals surface area contributed by atoms with Crippen molar-refractivity contribution >= 4 is 6.03 Å². The Bertz CT molecular complexity index is 587. The Morgan fingerprint density at radius 2 is 1.96 bits per heavy atom. The number of carbonyl (C=O) groups excluding carboxylic acids is 1. The van der Waals surface area contributed by atoms with E-state index >= 15 is 0 Å². The topological polar surface area (TPSA) is 59.4 Å². The molecule has 1 saturated carbocycles. The Balaban J connectivity index is 1.44.